The van der Waals surface area contributed by atoms with Crippen LogP contribution < -0.4 is 0 Å². The van der Waals surface area contributed by atoms with E-state index in [-0.39, 0.29) is 29.7 Å². The minimum atomic E-state index is -0.322. The number of piperidine rings is 1. The van der Waals surface area contributed by atoms with Gasteiger partial charge >= 0.3 is 0 Å². The van der Waals surface area contributed by atoms with Crippen molar-refractivity contribution in [2.45, 2.75) is 50.0 Å². The molecule has 2 aliphatic carbocycles. The zero-order valence-corrected chi connectivity index (χ0v) is 13.4. The maximum absolute atomic E-state index is 13.1. The summed E-state index contributed by atoms with van der Waals surface area (Å²) in [5.74, 6) is 0.765. The number of likely N-dealkylation sites (tertiary alicyclic amines) is 1. The normalized spacial score (nSPS) is 33.2. The van der Waals surface area contributed by atoms with Crippen LogP contribution in [0.5, 0.6) is 5.75 Å². The Morgan fingerprint density at radius 1 is 1.30 bits per heavy atom. The molecule has 1 saturated heterocycles. The molecule has 0 unspecified atom stereocenters. The molecule has 1 aromatic carbocycles. The largest absolute Gasteiger partial charge is 0.508 e. The molecule has 1 saturated carbocycles. The predicted octanol–water partition coefficient (Wildman–Crippen LogP) is 3.45. The highest BCUT2D eigenvalue weighted by atomic mass is 19.1. The fraction of sp³-hybridized carbons (Fsp3) is 0.632. The van der Waals surface area contributed by atoms with Gasteiger partial charge < -0.3 is 5.11 Å². The van der Waals surface area contributed by atoms with Gasteiger partial charge in [-0.1, -0.05) is 12.8 Å². The molecule has 1 heterocycles. The molecule has 0 spiro atoms. The van der Waals surface area contributed by atoms with Gasteiger partial charge in [-0.05, 0) is 61.9 Å². The van der Waals surface area contributed by atoms with Gasteiger partial charge in [0.15, 0.2) is 5.78 Å². The summed E-state index contributed by atoms with van der Waals surface area (Å²) in [6.07, 6.45) is 6.06. The second kappa shape index (κ2) is 5.59. The number of ketones is 1. The molecule has 4 rings (SSSR count). The Kier molecular flexibility index (Phi) is 3.67. The van der Waals surface area contributed by atoms with Crippen molar-refractivity contribution in [3.63, 3.8) is 0 Å². The monoisotopic (exact) mass is 317 g/mol. The van der Waals surface area contributed by atoms with E-state index in [1.165, 1.54) is 12.8 Å². The molecule has 2 bridgehead atoms. The third-order valence-electron chi connectivity index (χ3n) is 6.37. The molecule has 0 radical (unpaired) electrons. The average molecular weight is 317 g/mol. The topological polar surface area (TPSA) is 40.5 Å². The number of phenolic OH excluding ortho intramolecular Hbond substituents is 1. The summed E-state index contributed by atoms with van der Waals surface area (Å²) in [4.78, 5) is 15.4. The molecular formula is C19H24FNO2. The SMILES string of the molecule is O=C1c2ccc(O)cc2[C@]23CCCC[C@H]2[C@H]1N(CCCF)CC3. The predicted molar refractivity (Wildman–Crippen MR) is 86.6 cm³/mol. The second-order valence-corrected chi connectivity index (χ2v) is 7.38. The van der Waals surface area contributed by atoms with Gasteiger partial charge in [0.2, 0.25) is 0 Å². The molecule has 3 nitrogen and oxygen atoms in total. The van der Waals surface area contributed by atoms with Crippen LogP contribution >= 0.6 is 0 Å². The summed E-state index contributed by atoms with van der Waals surface area (Å²) < 4.78 is 12.6. The molecule has 124 valence electrons. The number of Topliss-reactive ketones (excluding diaryl/α,β-unsaturated/α-hetero) is 1. The first-order chi connectivity index (χ1) is 11.2. The maximum Gasteiger partial charge on any atom is 0.180 e. The number of hydrogen-bond donors (Lipinski definition) is 1. The van der Waals surface area contributed by atoms with Crippen molar-refractivity contribution in [1.29, 1.82) is 0 Å². The molecule has 1 aliphatic heterocycles. The van der Waals surface area contributed by atoms with Crippen LogP contribution in [0, 0.1) is 5.92 Å². The van der Waals surface area contributed by atoms with Crippen molar-refractivity contribution < 1.29 is 14.3 Å². The zero-order chi connectivity index (χ0) is 16.0. The van der Waals surface area contributed by atoms with Gasteiger partial charge in [-0.25, -0.2) is 0 Å². The minimum absolute atomic E-state index is 0.0388. The highest BCUT2D eigenvalue weighted by Crippen LogP contribution is 2.56. The number of halogens is 1. The molecule has 3 atom stereocenters. The van der Waals surface area contributed by atoms with E-state index in [1.54, 1.807) is 12.1 Å². The van der Waals surface area contributed by atoms with Crippen LogP contribution in [-0.4, -0.2) is 41.6 Å². The Balaban J connectivity index is 1.82. The van der Waals surface area contributed by atoms with E-state index in [4.69, 9.17) is 0 Å². The number of nitrogens with zero attached hydrogens (tertiary/aromatic N) is 1. The zero-order valence-electron chi connectivity index (χ0n) is 13.4. The van der Waals surface area contributed by atoms with Crippen LogP contribution in [0.4, 0.5) is 4.39 Å². The van der Waals surface area contributed by atoms with Gasteiger partial charge in [-0.15, -0.1) is 0 Å². The lowest BCUT2D eigenvalue weighted by Gasteiger charge is -2.58. The smallest absolute Gasteiger partial charge is 0.180 e. The van der Waals surface area contributed by atoms with E-state index in [2.05, 4.69) is 4.90 Å². The van der Waals surface area contributed by atoms with Crippen LogP contribution in [0.1, 0.15) is 54.4 Å². The van der Waals surface area contributed by atoms with E-state index in [0.717, 1.165) is 36.9 Å². The van der Waals surface area contributed by atoms with Gasteiger partial charge in [-0.2, -0.15) is 0 Å². The Morgan fingerprint density at radius 3 is 3.00 bits per heavy atom. The summed E-state index contributed by atoms with van der Waals surface area (Å²) in [5, 5.41) is 9.96. The lowest BCUT2D eigenvalue weighted by atomic mass is 9.52. The van der Waals surface area contributed by atoms with E-state index in [9.17, 15) is 14.3 Å². The van der Waals surface area contributed by atoms with Crippen molar-refractivity contribution in [3.05, 3.63) is 29.3 Å². The molecule has 23 heavy (non-hydrogen) atoms. The quantitative estimate of drug-likeness (QED) is 0.928. The highest BCUT2D eigenvalue weighted by molar-refractivity contribution is 6.03. The molecule has 0 amide bonds. The van der Waals surface area contributed by atoms with Gasteiger partial charge in [0.05, 0.1) is 12.7 Å². The van der Waals surface area contributed by atoms with Crippen LogP contribution in [-0.2, 0) is 5.41 Å². The Hall–Kier alpha value is -1.42. The first kappa shape index (κ1) is 15.1. The van der Waals surface area contributed by atoms with Crippen LogP contribution in [0.15, 0.2) is 18.2 Å². The van der Waals surface area contributed by atoms with Gasteiger partial charge in [-0.3, -0.25) is 14.1 Å². The average Bonchev–Trinajstić information content (AvgIpc) is 2.58. The summed E-state index contributed by atoms with van der Waals surface area (Å²) >= 11 is 0. The number of benzene rings is 1. The second-order valence-electron chi connectivity index (χ2n) is 7.38. The third kappa shape index (κ3) is 2.14. The van der Waals surface area contributed by atoms with Crippen molar-refractivity contribution in [2.75, 3.05) is 19.8 Å². The number of carbonyl (C=O) groups excluding carboxylic acids is 1. The number of rotatable bonds is 3. The first-order valence-corrected chi connectivity index (χ1v) is 8.85. The Labute approximate surface area is 136 Å². The van der Waals surface area contributed by atoms with E-state index >= 15 is 0 Å². The summed E-state index contributed by atoms with van der Waals surface area (Å²) in [6.45, 7) is 1.21. The Bertz CT molecular complexity index is 632. The van der Waals surface area contributed by atoms with Crippen LogP contribution in [0.25, 0.3) is 0 Å². The Morgan fingerprint density at radius 2 is 2.17 bits per heavy atom. The standard InChI is InChI=1S/C19H24FNO2/c20-9-3-10-21-11-8-19-7-2-1-4-15(19)17(21)18(23)14-6-5-13(22)12-16(14)19/h5-6,12,15,17,22H,1-4,7-11H2/t15-,17+,19-/m0/s1. The summed E-state index contributed by atoms with van der Waals surface area (Å²) in [6, 6.07) is 5.16. The summed E-state index contributed by atoms with van der Waals surface area (Å²) in [7, 11) is 0. The van der Waals surface area contributed by atoms with E-state index < -0.39 is 0 Å². The molecular weight excluding hydrogens is 293 g/mol. The fourth-order valence-electron chi connectivity index (χ4n) is 5.42. The van der Waals surface area contributed by atoms with Crippen LogP contribution in [0.3, 0.4) is 0 Å². The first-order valence-electron chi connectivity index (χ1n) is 8.85. The van der Waals surface area contributed by atoms with Crippen molar-refractivity contribution in [2.24, 2.45) is 5.92 Å². The lowest BCUT2D eigenvalue weighted by molar-refractivity contribution is -0.00355. The molecule has 1 aromatic rings. The number of aromatic hydroxyl groups is 1. The maximum atomic E-state index is 13.1. The molecule has 0 aromatic heterocycles. The van der Waals surface area contributed by atoms with Crippen molar-refractivity contribution in [3.8, 4) is 5.75 Å². The van der Waals surface area contributed by atoms with Crippen LogP contribution in [0.2, 0.25) is 0 Å². The van der Waals surface area contributed by atoms with Crippen molar-refractivity contribution >= 4 is 5.78 Å². The highest BCUT2D eigenvalue weighted by Gasteiger charge is 2.56. The molecule has 4 heteroatoms. The number of alkyl halides is 1. The van der Waals surface area contributed by atoms with Crippen molar-refractivity contribution in [1.82, 2.24) is 4.90 Å². The third-order valence-corrected chi connectivity index (χ3v) is 6.37. The number of phenols is 1. The van der Waals surface area contributed by atoms with E-state index in [0.29, 0.717) is 18.9 Å². The van der Waals surface area contributed by atoms with Gasteiger partial charge in [0.25, 0.3) is 0 Å². The van der Waals surface area contributed by atoms with Gasteiger partial charge in [0, 0.05) is 17.5 Å². The molecule has 2 fully saturated rings. The fourth-order valence-corrected chi connectivity index (χ4v) is 5.42. The minimum Gasteiger partial charge on any atom is -0.508 e. The van der Waals surface area contributed by atoms with E-state index in [1.807, 2.05) is 6.07 Å². The number of carbonyl (C=O) groups is 1. The molecule has 1 N–H and O–H groups in total. The lowest BCUT2D eigenvalue weighted by Crippen LogP contribution is -2.63. The van der Waals surface area contributed by atoms with Gasteiger partial charge in [0.1, 0.15) is 5.75 Å². The number of fused-ring (bicyclic) bond motifs is 1. The number of hydrogen-bond acceptors (Lipinski definition) is 3. The summed E-state index contributed by atoms with van der Waals surface area (Å²) in [5.41, 5.74) is 1.90. The molecule has 3 aliphatic rings.